The van der Waals surface area contributed by atoms with Crippen LogP contribution < -0.4 is 5.73 Å². The van der Waals surface area contributed by atoms with Crippen molar-refractivity contribution < 1.29 is 0 Å². The van der Waals surface area contributed by atoms with Crippen LogP contribution in [0.1, 0.15) is 59.8 Å². The summed E-state index contributed by atoms with van der Waals surface area (Å²) in [4.78, 5) is 5.28. The number of hydrogen-bond donors (Lipinski definition) is 1. The average molecular weight is 269 g/mol. The zero-order chi connectivity index (χ0) is 14.3. The van der Waals surface area contributed by atoms with Crippen molar-refractivity contribution in [2.75, 3.05) is 32.7 Å². The van der Waals surface area contributed by atoms with E-state index in [1.807, 2.05) is 0 Å². The van der Waals surface area contributed by atoms with Gasteiger partial charge in [0.2, 0.25) is 0 Å². The largest absolute Gasteiger partial charge is 0.329 e. The first kappa shape index (κ1) is 16.9. The van der Waals surface area contributed by atoms with Gasteiger partial charge in [-0.3, -0.25) is 4.90 Å². The average Bonchev–Trinajstić information content (AvgIpc) is 2.63. The normalized spacial score (nSPS) is 26.1. The number of nitrogens with two attached hydrogens (primary N) is 1. The van der Waals surface area contributed by atoms with Crippen molar-refractivity contribution in [2.45, 2.75) is 71.4 Å². The van der Waals surface area contributed by atoms with Crippen molar-refractivity contribution >= 4 is 0 Å². The molecular weight excluding hydrogens is 234 g/mol. The van der Waals surface area contributed by atoms with Gasteiger partial charge in [-0.1, -0.05) is 20.3 Å². The van der Waals surface area contributed by atoms with Gasteiger partial charge in [0, 0.05) is 24.7 Å². The molecule has 0 spiro atoms. The van der Waals surface area contributed by atoms with E-state index in [0.29, 0.717) is 6.04 Å². The highest BCUT2D eigenvalue weighted by molar-refractivity contribution is 4.94. The van der Waals surface area contributed by atoms with Gasteiger partial charge >= 0.3 is 0 Å². The summed E-state index contributed by atoms with van der Waals surface area (Å²) in [7, 11) is 0. The Kier molecular flexibility index (Phi) is 7.33. The van der Waals surface area contributed by atoms with Crippen molar-refractivity contribution in [1.82, 2.24) is 9.80 Å². The highest BCUT2D eigenvalue weighted by Crippen LogP contribution is 2.29. The second-order valence-electron chi connectivity index (χ2n) is 6.34. The Morgan fingerprint density at radius 2 is 1.95 bits per heavy atom. The second kappa shape index (κ2) is 8.23. The minimum absolute atomic E-state index is 0.257. The molecule has 1 aliphatic heterocycles. The van der Waals surface area contributed by atoms with Crippen molar-refractivity contribution in [3.63, 3.8) is 0 Å². The molecule has 114 valence electrons. The van der Waals surface area contributed by atoms with Crippen LogP contribution in [0.5, 0.6) is 0 Å². The molecule has 1 rings (SSSR count). The third kappa shape index (κ3) is 4.44. The van der Waals surface area contributed by atoms with Gasteiger partial charge in [0.25, 0.3) is 0 Å². The molecule has 0 saturated carbocycles. The number of rotatable bonds is 7. The van der Waals surface area contributed by atoms with Crippen LogP contribution in [0.4, 0.5) is 0 Å². The molecule has 0 amide bonds. The minimum atomic E-state index is 0.257. The van der Waals surface area contributed by atoms with Gasteiger partial charge in [0.15, 0.2) is 0 Å². The lowest BCUT2D eigenvalue weighted by Gasteiger charge is -2.43. The lowest BCUT2D eigenvalue weighted by atomic mass is 9.88. The fraction of sp³-hybridized carbons (Fsp3) is 1.00. The lowest BCUT2D eigenvalue weighted by molar-refractivity contribution is 0.0804. The molecule has 0 radical (unpaired) electrons. The van der Waals surface area contributed by atoms with E-state index in [-0.39, 0.29) is 5.54 Å². The molecule has 19 heavy (non-hydrogen) atoms. The first-order valence-electron chi connectivity index (χ1n) is 8.28. The molecule has 0 aromatic rings. The molecule has 1 unspecified atom stereocenters. The fourth-order valence-electron chi connectivity index (χ4n) is 3.45. The Balaban J connectivity index is 2.72. The van der Waals surface area contributed by atoms with E-state index in [1.165, 1.54) is 51.7 Å². The monoisotopic (exact) mass is 269 g/mol. The van der Waals surface area contributed by atoms with Gasteiger partial charge in [0.05, 0.1) is 0 Å². The van der Waals surface area contributed by atoms with Crippen molar-refractivity contribution in [2.24, 2.45) is 5.73 Å². The SMILES string of the molecule is CCCCN(CC)C1(CN)CCCN(C(C)C)CC1. The Hall–Kier alpha value is -0.120. The molecule has 0 aliphatic carbocycles. The van der Waals surface area contributed by atoms with Crippen LogP contribution in [0.25, 0.3) is 0 Å². The van der Waals surface area contributed by atoms with Crippen LogP contribution in [0.2, 0.25) is 0 Å². The van der Waals surface area contributed by atoms with Gasteiger partial charge in [-0.15, -0.1) is 0 Å². The van der Waals surface area contributed by atoms with Gasteiger partial charge < -0.3 is 10.6 Å². The topological polar surface area (TPSA) is 32.5 Å². The van der Waals surface area contributed by atoms with Crippen LogP contribution in [-0.4, -0.2) is 54.1 Å². The number of likely N-dealkylation sites (tertiary alicyclic amines) is 1. The number of unbranched alkanes of at least 4 members (excludes halogenated alkanes) is 1. The molecule has 1 atom stereocenters. The van der Waals surface area contributed by atoms with E-state index in [0.717, 1.165) is 13.1 Å². The first-order chi connectivity index (χ1) is 9.09. The van der Waals surface area contributed by atoms with Crippen LogP contribution in [0.15, 0.2) is 0 Å². The summed E-state index contributed by atoms with van der Waals surface area (Å²) in [6.45, 7) is 14.8. The summed E-state index contributed by atoms with van der Waals surface area (Å²) in [6, 6.07) is 0.666. The number of hydrogen-bond acceptors (Lipinski definition) is 3. The molecule has 1 aliphatic rings. The number of nitrogens with zero attached hydrogens (tertiary/aromatic N) is 2. The van der Waals surface area contributed by atoms with E-state index in [4.69, 9.17) is 5.73 Å². The lowest BCUT2D eigenvalue weighted by Crippen LogP contribution is -2.54. The third-order valence-corrected chi connectivity index (χ3v) is 4.90. The van der Waals surface area contributed by atoms with E-state index in [9.17, 15) is 0 Å². The van der Waals surface area contributed by atoms with Crippen molar-refractivity contribution in [3.05, 3.63) is 0 Å². The van der Waals surface area contributed by atoms with Crippen LogP contribution in [0.3, 0.4) is 0 Å². The number of likely N-dealkylation sites (N-methyl/N-ethyl adjacent to an activating group) is 1. The third-order valence-electron chi connectivity index (χ3n) is 4.90. The summed E-state index contributed by atoms with van der Waals surface area (Å²) < 4.78 is 0. The summed E-state index contributed by atoms with van der Waals surface area (Å²) in [6.07, 6.45) is 6.36. The quantitative estimate of drug-likeness (QED) is 0.771. The van der Waals surface area contributed by atoms with Gasteiger partial charge in [-0.05, 0) is 59.2 Å². The van der Waals surface area contributed by atoms with E-state index >= 15 is 0 Å². The summed E-state index contributed by atoms with van der Waals surface area (Å²) >= 11 is 0. The molecule has 0 aromatic heterocycles. The Morgan fingerprint density at radius 3 is 2.47 bits per heavy atom. The molecule has 0 aromatic carbocycles. The van der Waals surface area contributed by atoms with Crippen LogP contribution >= 0.6 is 0 Å². The molecular formula is C16H35N3. The highest BCUT2D eigenvalue weighted by atomic mass is 15.2. The molecule has 0 bridgehead atoms. The van der Waals surface area contributed by atoms with E-state index in [2.05, 4.69) is 37.5 Å². The maximum absolute atomic E-state index is 6.22. The summed E-state index contributed by atoms with van der Waals surface area (Å²) in [5.74, 6) is 0. The molecule has 1 heterocycles. The maximum Gasteiger partial charge on any atom is 0.0344 e. The zero-order valence-corrected chi connectivity index (χ0v) is 13.6. The minimum Gasteiger partial charge on any atom is -0.329 e. The van der Waals surface area contributed by atoms with E-state index in [1.54, 1.807) is 0 Å². The molecule has 1 saturated heterocycles. The summed E-state index contributed by atoms with van der Waals surface area (Å²) in [5.41, 5.74) is 6.47. The molecule has 2 N–H and O–H groups in total. The molecule has 1 fully saturated rings. The molecule has 3 nitrogen and oxygen atoms in total. The second-order valence-corrected chi connectivity index (χ2v) is 6.34. The smallest absolute Gasteiger partial charge is 0.0344 e. The standard InChI is InChI=1S/C16H35N3/c1-5-7-12-19(6-2)16(14-17)9-8-11-18(13-10-16)15(3)4/h15H,5-14,17H2,1-4H3. The predicted molar refractivity (Wildman–Crippen MR) is 84.5 cm³/mol. The van der Waals surface area contributed by atoms with Crippen molar-refractivity contribution in [3.8, 4) is 0 Å². The van der Waals surface area contributed by atoms with Gasteiger partial charge in [0.1, 0.15) is 0 Å². The summed E-state index contributed by atoms with van der Waals surface area (Å²) in [5, 5.41) is 0. The van der Waals surface area contributed by atoms with Crippen molar-refractivity contribution in [1.29, 1.82) is 0 Å². The first-order valence-corrected chi connectivity index (χ1v) is 8.28. The van der Waals surface area contributed by atoms with E-state index < -0.39 is 0 Å². The van der Waals surface area contributed by atoms with Crippen LogP contribution in [-0.2, 0) is 0 Å². The van der Waals surface area contributed by atoms with Gasteiger partial charge in [-0.25, -0.2) is 0 Å². The Labute approximate surface area is 120 Å². The Morgan fingerprint density at radius 1 is 1.21 bits per heavy atom. The van der Waals surface area contributed by atoms with Crippen LogP contribution in [0, 0.1) is 0 Å². The maximum atomic E-state index is 6.22. The highest BCUT2D eigenvalue weighted by Gasteiger charge is 2.36. The fourth-order valence-corrected chi connectivity index (χ4v) is 3.45. The Bertz CT molecular complexity index is 242. The predicted octanol–water partition coefficient (Wildman–Crippen LogP) is 2.70. The zero-order valence-electron chi connectivity index (χ0n) is 13.6. The molecule has 3 heteroatoms. The van der Waals surface area contributed by atoms with Gasteiger partial charge in [-0.2, -0.15) is 0 Å².